The van der Waals surface area contributed by atoms with Crippen molar-refractivity contribution >= 4 is 23.5 Å². The van der Waals surface area contributed by atoms with E-state index in [1.807, 2.05) is 4.90 Å². The number of hydrogen-bond donors (Lipinski definition) is 1. The zero-order chi connectivity index (χ0) is 14.7. The lowest BCUT2D eigenvalue weighted by atomic mass is 10.1. The Bertz CT molecular complexity index is 490. The van der Waals surface area contributed by atoms with Crippen LogP contribution >= 0.6 is 11.6 Å². The van der Waals surface area contributed by atoms with Gasteiger partial charge in [0.1, 0.15) is 0 Å². The molecule has 0 aliphatic carbocycles. The first-order valence-corrected chi connectivity index (χ1v) is 7.71. The van der Waals surface area contributed by atoms with Crippen LogP contribution in [0.25, 0.3) is 0 Å². The number of amides is 1. The molecule has 0 aromatic carbocycles. The van der Waals surface area contributed by atoms with E-state index >= 15 is 0 Å². The summed E-state index contributed by atoms with van der Waals surface area (Å²) in [6.07, 6.45) is 5.81. The minimum Gasteiger partial charge on any atom is -0.381 e. The van der Waals surface area contributed by atoms with Crippen LogP contribution in [0, 0.1) is 5.92 Å². The molecule has 3 heterocycles. The third-order valence-electron chi connectivity index (χ3n) is 4.02. The van der Waals surface area contributed by atoms with Gasteiger partial charge >= 0.3 is 0 Å². The summed E-state index contributed by atoms with van der Waals surface area (Å²) in [6.45, 7) is 2.94. The molecule has 1 aromatic rings. The second-order valence-corrected chi connectivity index (χ2v) is 5.96. The lowest BCUT2D eigenvalue weighted by Gasteiger charge is -2.24. The van der Waals surface area contributed by atoms with Crippen LogP contribution < -0.4 is 10.2 Å². The summed E-state index contributed by atoms with van der Waals surface area (Å²) in [4.78, 5) is 22.7. The molecule has 2 saturated heterocycles. The van der Waals surface area contributed by atoms with E-state index in [0.29, 0.717) is 17.5 Å². The van der Waals surface area contributed by atoms with Gasteiger partial charge in [-0.1, -0.05) is 11.6 Å². The van der Waals surface area contributed by atoms with E-state index in [1.54, 1.807) is 12.4 Å². The number of aromatic nitrogens is 2. The smallest absolute Gasteiger partial charge is 0.225 e. The number of anilines is 1. The number of hydrogen-bond acceptors (Lipinski definition) is 5. The SMILES string of the molecule is O=C(NC1CCOCC1)C1CCN(c2ncc(Cl)cn2)C1. The van der Waals surface area contributed by atoms with Gasteiger partial charge < -0.3 is 15.0 Å². The van der Waals surface area contributed by atoms with Crippen molar-refractivity contribution < 1.29 is 9.53 Å². The van der Waals surface area contributed by atoms with Gasteiger partial charge in [-0.05, 0) is 19.3 Å². The molecular weight excluding hydrogens is 292 g/mol. The van der Waals surface area contributed by atoms with Crippen LogP contribution in [0.5, 0.6) is 0 Å². The molecule has 0 saturated carbocycles. The normalized spacial score (nSPS) is 23.3. The van der Waals surface area contributed by atoms with Crippen molar-refractivity contribution in [2.75, 3.05) is 31.2 Å². The quantitative estimate of drug-likeness (QED) is 0.910. The number of carbonyl (C=O) groups is 1. The maximum absolute atomic E-state index is 12.3. The van der Waals surface area contributed by atoms with E-state index < -0.39 is 0 Å². The van der Waals surface area contributed by atoms with Crippen LogP contribution in [0.3, 0.4) is 0 Å². The number of halogens is 1. The highest BCUT2D eigenvalue weighted by Crippen LogP contribution is 2.21. The number of rotatable bonds is 3. The third kappa shape index (κ3) is 3.63. The molecule has 114 valence electrons. The summed E-state index contributed by atoms with van der Waals surface area (Å²) >= 11 is 5.79. The lowest BCUT2D eigenvalue weighted by Crippen LogP contribution is -2.42. The molecule has 0 spiro atoms. The summed E-state index contributed by atoms with van der Waals surface area (Å²) in [6, 6.07) is 0.257. The van der Waals surface area contributed by atoms with E-state index in [0.717, 1.165) is 39.0 Å². The van der Waals surface area contributed by atoms with E-state index in [-0.39, 0.29) is 17.9 Å². The van der Waals surface area contributed by atoms with Crippen LogP contribution in [0.15, 0.2) is 12.4 Å². The first kappa shape index (κ1) is 14.5. The molecule has 1 atom stereocenters. The van der Waals surface area contributed by atoms with E-state index in [4.69, 9.17) is 16.3 Å². The first-order chi connectivity index (χ1) is 10.2. The summed E-state index contributed by atoms with van der Waals surface area (Å²) < 4.78 is 5.30. The Balaban J connectivity index is 1.53. The molecule has 6 nitrogen and oxygen atoms in total. The Morgan fingerprint density at radius 1 is 1.29 bits per heavy atom. The fraction of sp³-hybridized carbons (Fsp3) is 0.643. The van der Waals surface area contributed by atoms with Crippen LogP contribution in [0.2, 0.25) is 5.02 Å². The predicted octanol–water partition coefficient (Wildman–Crippen LogP) is 1.25. The molecule has 2 fully saturated rings. The van der Waals surface area contributed by atoms with Crippen molar-refractivity contribution in [1.29, 1.82) is 0 Å². The Kier molecular flexibility index (Phi) is 4.55. The van der Waals surface area contributed by atoms with Gasteiger partial charge in [-0.2, -0.15) is 0 Å². The Morgan fingerprint density at radius 2 is 2.00 bits per heavy atom. The van der Waals surface area contributed by atoms with Gasteiger partial charge in [-0.15, -0.1) is 0 Å². The molecule has 0 radical (unpaired) electrons. The van der Waals surface area contributed by atoms with Crippen molar-refractivity contribution in [1.82, 2.24) is 15.3 Å². The lowest BCUT2D eigenvalue weighted by molar-refractivity contribution is -0.125. The summed E-state index contributed by atoms with van der Waals surface area (Å²) in [7, 11) is 0. The van der Waals surface area contributed by atoms with Crippen LogP contribution in [-0.4, -0.2) is 48.2 Å². The summed E-state index contributed by atoms with van der Waals surface area (Å²) in [5.74, 6) is 0.784. The van der Waals surface area contributed by atoms with E-state index in [1.165, 1.54) is 0 Å². The minimum absolute atomic E-state index is 0.00660. The first-order valence-electron chi connectivity index (χ1n) is 7.33. The minimum atomic E-state index is 0.00660. The fourth-order valence-electron chi connectivity index (χ4n) is 2.79. The number of nitrogens with zero attached hydrogens (tertiary/aromatic N) is 3. The van der Waals surface area contributed by atoms with Crippen molar-refractivity contribution in [3.8, 4) is 0 Å². The topological polar surface area (TPSA) is 67.3 Å². The standard InChI is InChI=1S/C14H19ClN4O2/c15-11-7-16-14(17-8-11)19-4-1-10(9-19)13(20)18-12-2-5-21-6-3-12/h7-8,10,12H,1-6,9H2,(H,18,20). The van der Waals surface area contributed by atoms with Gasteiger partial charge in [0.25, 0.3) is 0 Å². The molecule has 1 unspecified atom stereocenters. The zero-order valence-electron chi connectivity index (χ0n) is 11.8. The predicted molar refractivity (Wildman–Crippen MR) is 79.3 cm³/mol. The van der Waals surface area contributed by atoms with E-state index in [2.05, 4.69) is 15.3 Å². The summed E-state index contributed by atoms with van der Waals surface area (Å²) in [5, 5.41) is 3.65. The molecule has 3 rings (SSSR count). The molecule has 2 aliphatic heterocycles. The van der Waals surface area contributed by atoms with Gasteiger partial charge in [0.15, 0.2) is 0 Å². The monoisotopic (exact) mass is 310 g/mol. The average molecular weight is 311 g/mol. The second kappa shape index (κ2) is 6.58. The number of carbonyl (C=O) groups excluding carboxylic acids is 1. The van der Waals surface area contributed by atoms with Crippen LogP contribution in [0.1, 0.15) is 19.3 Å². The Labute approximate surface area is 128 Å². The highest BCUT2D eigenvalue weighted by molar-refractivity contribution is 6.30. The largest absolute Gasteiger partial charge is 0.381 e. The van der Waals surface area contributed by atoms with E-state index in [9.17, 15) is 4.79 Å². The molecular formula is C14H19ClN4O2. The van der Waals surface area contributed by atoms with Crippen LogP contribution in [-0.2, 0) is 9.53 Å². The molecule has 2 aliphatic rings. The van der Waals surface area contributed by atoms with Crippen molar-refractivity contribution in [2.45, 2.75) is 25.3 Å². The van der Waals surface area contributed by atoms with Gasteiger partial charge in [-0.25, -0.2) is 9.97 Å². The molecule has 1 aromatic heterocycles. The highest BCUT2D eigenvalue weighted by Gasteiger charge is 2.31. The average Bonchev–Trinajstić information content (AvgIpc) is 2.99. The van der Waals surface area contributed by atoms with Gasteiger partial charge in [0.05, 0.1) is 23.3 Å². The van der Waals surface area contributed by atoms with Crippen molar-refractivity contribution in [3.63, 3.8) is 0 Å². The third-order valence-corrected chi connectivity index (χ3v) is 4.21. The maximum Gasteiger partial charge on any atom is 0.225 e. The Hall–Kier alpha value is -1.40. The molecule has 1 amide bonds. The number of ether oxygens (including phenoxy) is 1. The molecule has 0 bridgehead atoms. The van der Waals surface area contributed by atoms with Gasteiger partial charge in [0.2, 0.25) is 11.9 Å². The fourth-order valence-corrected chi connectivity index (χ4v) is 2.88. The maximum atomic E-state index is 12.3. The van der Waals surface area contributed by atoms with Crippen molar-refractivity contribution in [2.24, 2.45) is 5.92 Å². The second-order valence-electron chi connectivity index (χ2n) is 5.53. The molecule has 1 N–H and O–H groups in total. The van der Waals surface area contributed by atoms with Gasteiger partial charge in [0, 0.05) is 32.3 Å². The zero-order valence-corrected chi connectivity index (χ0v) is 12.6. The van der Waals surface area contributed by atoms with Crippen LogP contribution in [0.4, 0.5) is 5.95 Å². The number of nitrogens with one attached hydrogen (secondary N) is 1. The molecule has 21 heavy (non-hydrogen) atoms. The Morgan fingerprint density at radius 3 is 2.71 bits per heavy atom. The summed E-state index contributed by atoms with van der Waals surface area (Å²) in [5.41, 5.74) is 0. The van der Waals surface area contributed by atoms with Gasteiger partial charge in [-0.3, -0.25) is 4.79 Å². The van der Waals surface area contributed by atoms with Crippen molar-refractivity contribution in [3.05, 3.63) is 17.4 Å². The highest BCUT2D eigenvalue weighted by atomic mass is 35.5. The molecule has 7 heteroatoms.